The van der Waals surface area contributed by atoms with Gasteiger partial charge in [0.1, 0.15) is 5.76 Å². The lowest BCUT2D eigenvalue weighted by atomic mass is 9.79. The van der Waals surface area contributed by atoms with Crippen LogP contribution in [-0.2, 0) is 27.9 Å². The number of rotatable bonds is 4. The van der Waals surface area contributed by atoms with Crippen molar-refractivity contribution in [1.82, 2.24) is 24.5 Å². The summed E-state index contributed by atoms with van der Waals surface area (Å²) >= 11 is 1.45. The van der Waals surface area contributed by atoms with Crippen LogP contribution in [0.3, 0.4) is 0 Å². The molecular weight excluding hydrogens is 535 g/mol. The highest BCUT2D eigenvalue weighted by Crippen LogP contribution is 2.49. The van der Waals surface area contributed by atoms with E-state index in [2.05, 4.69) is 10.2 Å². The van der Waals surface area contributed by atoms with E-state index in [4.69, 9.17) is 14.2 Å². The number of carbonyl (C=O) groups is 1. The van der Waals surface area contributed by atoms with E-state index in [1.54, 1.807) is 16.5 Å². The fourth-order valence-corrected chi connectivity index (χ4v) is 5.98. The van der Waals surface area contributed by atoms with Crippen LogP contribution >= 0.6 is 11.3 Å². The van der Waals surface area contributed by atoms with Crippen molar-refractivity contribution in [2.24, 2.45) is 7.05 Å². The fourth-order valence-electron chi connectivity index (χ4n) is 5.37. The normalized spacial score (nSPS) is 23.4. The summed E-state index contributed by atoms with van der Waals surface area (Å²) in [6, 6.07) is 1.68. The minimum absolute atomic E-state index is 0.00528. The van der Waals surface area contributed by atoms with Crippen molar-refractivity contribution in [3.05, 3.63) is 63.6 Å². The number of hydrogen-bond acceptors (Lipinski definition) is 7. The Morgan fingerprint density at radius 2 is 2.10 bits per heavy atom. The van der Waals surface area contributed by atoms with E-state index in [0.717, 1.165) is 16.0 Å². The number of fused-ring (bicyclic) bond motifs is 3. The summed E-state index contributed by atoms with van der Waals surface area (Å²) in [5.74, 6) is -0.102. The van der Waals surface area contributed by atoms with E-state index in [1.807, 2.05) is 49.1 Å². The Kier molecular flexibility index (Phi) is 6.19. The summed E-state index contributed by atoms with van der Waals surface area (Å²) in [7, 11) is 3.42. The maximum Gasteiger partial charge on any atom is 0.411 e. The van der Waals surface area contributed by atoms with Gasteiger partial charge in [-0.2, -0.15) is 34.7 Å². The average molecular weight is 562 g/mol. The molecule has 0 saturated carbocycles. The summed E-state index contributed by atoms with van der Waals surface area (Å²) in [6.45, 7) is 1.16. The number of aryl methyl sites for hydroxylation is 1. The van der Waals surface area contributed by atoms with E-state index in [9.17, 15) is 18.0 Å². The standard InChI is InChI=1S/C26H26F3N5O4S/c1-25-11-20(36-3)16(19-4-6-32(2)30-19)10-18(25)23-17(12-38-25)22(31-34(23)15-5-9-39-14-15)24(35)33-7-8-37-13-21(33)26(27,28)29/h4-6,9-10,14,21H,7-8,11-13H2,1-3H3. The number of alkyl halides is 3. The SMILES string of the molecule is COC1=C(c2ccn(C)n2)C=C2c3c(c(C(=O)N4CCOCC4C(F)(F)F)nn3-c3ccsc3)COC2(C)C1. The first kappa shape index (κ1) is 25.8. The Hall–Kier alpha value is -3.42. The van der Waals surface area contributed by atoms with Crippen molar-refractivity contribution in [3.8, 4) is 5.69 Å². The van der Waals surface area contributed by atoms with Crippen LogP contribution < -0.4 is 0 Å². The zero-order valence-electron chi connectivity index (χ0n) is 21.5. The van der Waals surface area contributed by atoms with E-state index >= 15 is 0 Å². The minimum atomic E-state index is -4.63. The molecule has 3 aromatic heterocycles. The molecule has 0 aromatic carbocycles. The van der Waals surface area contributed by atoms with Gasteiger partial charge in [0, 0.05) is 48.3 Å². The van der Waals surface area contributed by atoms with Crippen LogP contribution in [0.4, 0.5) is 13.2 Å². The van der Waals surface area contributed by atoms with Gasteiger partial charge in [0.05, 0.1) is 49.6 Å². The quantitative estimate of drug-likeness (QED) is 0.475. The molecule has 0 N–H and O–H groups in total. The second-order valence-corrected chi connectivity index (χ2v) is 10.6. The molecule has 2 aliphatic heterocycles. The number of allylic oxidation sites excluding steroid dienone is 2. The number of aromatic nitrogens is 4. The molecule has 2 unspecified atom stereocenters. The van der Waals surface area contributed by atoms with Crippen LogP contribution in [0, 0.1) is 0 Å². The fraction of sp³-hybridized carbons (Fsp3) is 0.423. The Labute approximate surface area is 226 Å². The second-order valence-electron chi connectivity index (χ2n) is 9.87. The van der Waals surface area contributed by atoms with Crippen molar-refractivity contribution in [2.45, 2.75) is 37.8 Å². The highest BCUT2D eigenvalue weighted by atomic mass is 32.1. The lowest BCUT2D eigenvalue weighted by Crippen LogP contribution is -2.55. The van der Waals surface area contributed by atoms with Gasteiger partial charge in [-0.05, 0) is 30.5 Å². The third-order valence-corrected chi connectivity index (χ3v) is 8.06. The molecule has 9 nitrogen and oxygen atoms in total. The van der Waals surface area contributed by atoms with Crippen LogP contribution in [0.2, 0.25) is 0 Å². The molecule has 6 rings (SSSR count). The number of thiophene rings is 1. The van der Waals surface area contributed by atoms with Crippen LogP contribution in [0.25, 0.3) is 16.8 Å². The van der Waals surface area contributed by atoms with Gasteiger partial charge in [0.15, 0.2) is 11.7 Å². The molecule has 39 heavy (non-hydrogen) atoms. The van der Waals surface area contributed by atoms with Crippen molar-refractivity contribution >= 4 is 28.4 Å². The van der Waals surface area contributed by atoms with E-state index in [-0.39, 0.29) is 25.5 Å². The molecule has 2 atom stereocenters. The number of halogens is 3. The zero-order valence-corrected chi connectivity index (χ0v) is 22.3. The molecular formula is C26H26F3N5O4S. The first-order valence-corrected chi connectivity index (χ1v) is 13.3. The van der Waals surface area contributed by atoms with Gasteiger partial charge in [-0.1, -0.05) is 0 Å². The Morgan fingerprint density at radius 3 is 2.77 bits per heavy atom. The largest absolute Gasteiger partial charge is 0.500 e. The van der Waals surface area contributed by atoms with Crippen molar-refractivity contribution in [3.63, 3.8) is 0 Å². The third-order valence-electron chi connectivity index (χ3n) is 7.39. The zero-order chi connectivity index (χ0) is 27.5. The number of morpholine rings is 1. The molecule has 1 amide bonds. The number of carbonyl (C=O) groups excluding carboxylic acids is 1. The van der Waals surface area contributed by atoms with Gasteiger partial charge in [-0.3, -0.25) is 9.48 Å². The molecule has 1 saturated heterocycles. The number of amides is 1. The second kappa shape index (κ2) is 9.35. The van der Waals surface area contributed by atoms with Crippen molar-refractivity contribution in [2.75, 3.05) is 26.9 Å². The summed E-state index contributed by atoms with van der Waals surface area (Å²) in [6.07, 6.45) is -0.477. The molecule has 206 valence electrons. The summed E-state index contributed by atoms with van der Waals surface area (Å²) in [4.78, 5) is 14.5. The van der Waals surface area contributed by atoms with Crippen LogP contribution in [-0.4, -0.2) is 75.1 Å². The lowest BCUT2D eigenvalue weighted by molar-refractivity contribution is -0.202. The topological polar surface area (TPSA) is 83.6 Å². The first-order valence-electron chi connectivity index (χ1n) is 12.3. The predicted octanol–water partition coefficient (Wildman–Crippen LogP) is 4.20. The average Bonchev–Trinajstić information content (AvgIpc) is 3.66. The van der Waals surface area contributed by atoms with Gasteiger partial charge >= 0.3 is 6.18 Å². The van der Waals surface area contributed by atoms with E-state index in [1.165, 1.54) is 11.3 Å². The molecule has 1 aliphatic carbocycles. The monoisotopic (exact) mass is 561 g/mol. The molecule has 0 radical (unpaired) electrons. The highest BCUT2D eigenvalue weighted by Gasteiger charge is 2.50. The van der Waals surface area contributed by atoms with Gasteiger partial charge in [-0.25, -0.2) is 4.68 Å². The summed E-state index contributed by atoms with van der Waals surface area (Å²) < 4.78 is 62.0. The third kappa shape index (κ3) is 4.28. The maximum atomic E-state index is 13.8. The van der Waals surface area contributed by atoms with Gasteiger partial charge in [0.25, 0.3) is 5.91 Å². The maximum absolute atomic E-state index is 13.8. The molecule has 0 bridgehead atoms. The van der Waals surface area contributed by atoms with Crippen molar-refractivity contribution < 1.29 is 32.2 Å². The highest BCUT2D eigenvalue weighted by molar-refractivity contribution is 7.08. The molecule has 0 spiro atoms. The molecule has 3 aliphatic rings. The Balaban J connectivity index is 1.53. The summed E-state index contributed by atoms with van der Waals surface area (Å²) in [5, 5.41) is 12.9. The Bertz CT molecular complexity index is 1490. The predicted molar refractivity (Wildman–Crippen MR) is 136 cm³/mol. The minimum Gasteiger partial charge on any atom is -0.500 e. The van der Waals surface area contributed by atoms with E-state index in [0.29, 0.717) is 34.8 Å². The van der Waals surface area contributed by atoms with Crippen LogP contribution in [0.5, 0.6) is 0 Å². The molecule has 13 heteroatoms. The number of ether oxygens (including phenoxy) is 3. The molecule has 5 heterocycles. The van der Waals surface area contributed by atoms with Crippen LogP contribution in [0.1, 0.15) is 40.8 Å². The number of hydrogen-bond donors (Lipinski definition) is 0. The Morgan fingerprint density at radius 1 is 1.28 bits per heavy atom. The number of methoxy groups -OCH3 is 1. The van der Waals surface area contributed by atoms with Gasteiger partial charge < -0.3 is 19.1 Å². The van der Waals surface area contributed by atoms with Crippen molar-refractivity contribution in [1.29, 1.82) is 0 Å². The van der Waals surface area contributed by atoms with Gasteiger partial charge in [0.2, 0.25) is 0 Å². The van der Waals surface area contributed by atoms with Crippen LogP contribution in [0.15, 0.2) is 40.9 Å². The molecule has 3 aromatic rings. The molecule has 1 fully saturated rings. The smallest absolute Gasteiger partial charge is 0.411 e. The van der Waals surface area contributed by atoms with Gasteiger partial charge in [-0.15, -0.1) is 0 Å². The lowest BCUT2D eigenvalue weighted by Gasteiger charge is -2.40. The summed E-state index contributed by atoms with van der Waals surface area (Å²) in [5.41, 5.74) is 3.12. The first-order chi connectivity index (χ1) is 18.6. The number of nitrogens with zero attached hydrogens (tertiary/aromatic N) is 5. The van der Waals surface area contributed by atoms with E-state index < -0.39 is 30.3 Å².